The second-order valence-electron chi connectivity index (χ2n) is 4.47. The summed E-state index contributed by atoms with van der Waals surface area (Å²) >= 11 is 0. The Kier molecular flexibility index (Phi) is 3.69. The van der Waals surface area contributed by atoms with Gasteiger partial charge in [0.1, 0.15) is 5.75 Å². The molecular weight excluding hydrogens is 242 g/mol. The van der Waals surface area contributed by atoms with Gasteiger partial charge in [-0.2, -0.15) is 0 Å². The molecule has 1 aromatic carbocycles. The first kappa shape index (κ1) is 13.3. The maximum Gasteiger partial charge on any atom is 0.213 e. The standard InChI is InChI=1S/C15H17NO3/c1-4-8-16-13-9(2)14(17)10-6-5-7-11(19-3)12(10)15(13)18/h5-7,16H,4,8H2,1-3H3. The van der Waals surface area contributed by atoms with E-state index in [1.54, 1.807) is 25.1 Å². The normalized spacial score (nSPS) is 14.5. The summed E-state index contributed by atoms with van der Waals surface area (Å²) in [6, 6.07) is 5.08. The molecule has 0 bridgehead atoms. The van der Waals surface area contributed by atoms with Crippen LogP contribution in [0.25, 0.3) is 0 Å². The molecule has 1 aromatic rings. The molecular formula is C15H17NO3. The monoisotopic (exact) mass is 259 g/mol. The molecule has 0 saturated heterocycles. The summed E-state index contributed by atoms with van der Waals surface area (Å²) in [4.78, 5) is 24.8. The predicted molar refractivity (Wildman–Crippen MR) is 72.6 cm³/mol. The molecule has 4 nitrogen and oxygen atoms in total. The molecule has 0 fully saturated rings. The van der Waals surface area contributed by atoms with E-state index >= 15 is 0 Å². The number of nitrogens with one attached hydrogen (secondary N) is 1. The quantitative estimate of drug-likeness (QED) is 0.901. The van der Waals surface area contributed by atoms with Crippen molar-refractivity contribution in [3.63, 3.8) is 0 Å². The maximum absolute atomic E-state index is 12.5. The second-order valence-corrected chi connectivity index (χ2v) is 4.47. The van der Waals surface area contributed by atoms with Crippen molar-refractivity contribution in [3.05, 3.63) is 40.6 Å². The lowest BCUT2D eigenvalue weighted by atomic mass is 9.87. The smallest absolute Gasteiger partial charge is 0.213 e. The molecule has 0 spiro atoms. The Bertz CT molecular complexity index is 573. The average molecular weight is 259 g/mol. The number of methoxy groups -OCH3 is 1. The van der Waals surface area contributed by atoms with Crippen LogP contribution >= 0.6 is 0 Å². The van der Waals surface area contributed by atoms with Crippen LogP contribution in [0.5, 0.6) is 5.75 Å². The first-order chi connectivity index (χ1) is 9.11. The van der Waals surface area contributed by atoms with Crippen LogP contribution in [0.1, 0.15) is 41.0 Å². The number of ketones is 2. The van der Waals surface area contributed by atoms with Crippen LogP contribution in [0, 0.1) is 0 Å². The average Bonchev–Trinajstić information content (AvgIpc) is 2.44. The Labute approximate surface area is 112 Å². The van der Waals surface area contributed by atoms with Crippen molar-refractivity contribution >= 4 is 11.6 Å². The van der Waals surface area contributed by atoms with Crippen LogP contribution < -0.4 is 10.1 Å². The Hall–Kier alpha value is -2.10. The third-order valence-electron chi connectivity index (χ3n) is 3.21. The Morgan fingerprint density at radius 3 is 2.58 bits per heavy atom. The molecule has 1 aliphatic carbocycles. The molecule has 100 valence electrons. The molecule has 0 aromatic heterocycles. The van der Waals surface area contributed by atoms with Crippen LogP contribution in [0.3, 0.4) is 0 Å². The lowest BCUT2D eigenvalue weighted by molar-refractivity contribution is 0.0966. The number of Topliss-reactive ketones (excluding diaryl/α,β-unsaturated/α-hetero) is 2. The van der Waals surface area contributed by atoms with Gasteiger partial charge < -0.3 is 10.1 Å². The summed E-state index contributed by atoms with van der Waals surface area (Å²) in [6.07, 6.45) is 0.886. The minimum atomic E-state index is -0.169. The van der Waals surface area contributed by atoms with E-state index in [-0.39, 0.29) is 11.6 Å². The highest BCUT2D eigenvalue weighted by molar-refractivity contribution is 6.27. The molecule has 0 atom stereocenters. The Balaban J connectivity index is 2.55. The van der Waals surface area contributed by atoms with Crippen molar-refractivity contribution in [2.45, 2.75) is 20.3 Å². The van der Waals surface area contributed by atoms with Gasteiger partial charge >= 0.3 is 0 Å². The number of ether oxygens (including phenoxy) is 1. The molecule has 0 saturated carbocycles. The van der Waals surface area contributed by atoms with Crippen LogP contribution in [-0.4, -0.2) is 25.2 Å². The highest BCUT2D eigenvalue weighted by atomic mass is 16.5. The number of fused-ring (bicyclic) bond motifs is 1. The zero-order valence-corrected chi connectivity index (χ0v) is 11.4. The van der Waals surface area contributed by atoms with E-state index in [0.29, 0.717) is 34.7 Å². The van der Waals surface area contributed by atoms with Crippen LogP contribution in [0.15, 0.2) is 29.5 Å². The van der Waals surface area contributed by atoms with Gasteiger partial charge in [-0.1, -0.05) is 19.1 Å². The number of carbonyl (C=O) groups is 2. The molecule has 19 heavy (non-hydrogen) atoms. The lowest BCUT2D eigenvalue weighted by Crippen LogP contribution is -2.30. The fourth-order valence-corrected chi connectivity index (χ4v) is 2.20. The number of allylic oxidation sites excluding steroid dienone is 2. The van der Waals surface area contributed by atoms with Gasteiger partial charge in [0.15, 0.2) is 5.78 Å². The van der Waals surface area contributed by atoms with Gasteiger partial charge in [0.05, 0.1) is 18.4 Å². The summed E-state index contributed by atoms with van der Waals surface area (Å²) in [7, 11) is 1.50. The van der Waals surface area contributed by atoms with Crippen molar-refractivity contribution < 1.29 is 14.3 Å². The van der Waals surface area contributed by atoms with Crippen LogP contribution in [0.2, 0.25) is 0 Å². The van der Waals surface area contributed by atoms with Gasteiger partial charge in [0, 0.05) is 17.7 Å². The molecule has 4 heteroatoms. The van der Waals surface area contributed by atoms with Crippen molar-refractivity contribution in [1.29, 1.82) is 0 Å². The predicted octanol–water partition coefficient (Wildman–Crippen LogP) is 2.35. The maximum atomic E-state index is 12.5. The fourth-order valence-electron chi connectivity index (χ4n) is 2.20. The molecule has 1 N–H and O–H groups in total. The van der Waals surface area contributed by atoms with Crippen molar-refractivity contribution in [3.8, 4) is 5.75 Å². The van der Waals surface area contributed by atoms with Gasteiger partial charge in [-0.3, -0.25) is 9.59 Å². The minimum Gasteiger partial charge on any atom is -0.496 e. The zero-order chi connectivity index (χ0) is 14.0. The molecule has 0 heterocycles. The van der Waals surface area contributed by atoms with E-state index in [1.165, 1.54) is 7.11 Å². The summed E-state index contributed by atoms with van der Waals surface area (Å²) in [5, 5.41) is 3.05. The summed E-state index contributed by atoms with van der Waals surface area (Å²) < 4.78 is 5.20. The highest BCUT2D eigenvalue weighted by Gasteiger charge is 2.32. The molecule has 0 unspecified atom stereocenters. The summed E-state index contributed by atoms with van der Waals surface area (Å²) in [6.45, 7) is 4.35. The topological polar surface area (TPSA) is 55.4 Å². The fraction of sp³-hybridized carbons (Fsp3) is 0.333. The van der Waals surface area contributed by atoms with E-state index in [2.05, 4.69) is 5.32 Å². The van der Waals surface area contributed by atoms with Crippen LogP contribution in [-0.2, 0) is 0 Å². The molecule has 0 aliphatic heterocycles. The second kappa shape index (κ2) is 5.26. The number of rotatable bonds is 4. The number of benzene rings is 1. The van der Waals surface area contributed by atoms with Gasteiger partial charge in [-0.05, 0) is 19.4 Å². The zero-order valence-electron chi connectivity index (χ0n) is 11.4. The van der Waals surface area contributed by atoms with Crippen molar-refractivity contribution in [2.24, 2.45) is 0 Å². The summed E-state index contributed by atoms with van der Waals surface area (Å²) in [5.41, 5.74) is 1.64. The third-order valence-corrected chi connectivity index (χ3v) is 3.21. The molecule has 0 radical (unpaired) electrons. The van der Waals surface area contributed by atoms with Gasteiger partial charge in [-0.15, -0.1) is 0 Å². The van der Waals surface area contributed by atoms with Crippen LogP contribution in [0.4, 0.5) is 0 Å². The first-order valence-corrected chi connectivity index (χ1v) is 6.33. The summed E-state index contributed by atoms with van der Waals surface area (Å²) in [5.74, 6) is 0.157. The molecule has 0 amide bonds. The van der Waals surface area contributed by atoms with E-state index in [0.717, 1.165) is 6.42 Å². The van der Waals surface area contributed by atoms with Gasteiger partial charge in [0.25, 0.3) is 0 Å². The highest BCUT2D eigenvalue weighted by Crippen LogP contribution is 2.31. The Morgan fingerprint density at radius 1 is 1.21 bits per heavy atom. The SMILES string of the molecule is CCCNC1=C(C)C(=O)c2cccc(OC)c2C1=O. The van der Waals surface area contributed by atoms with Gasteiger partial charge in [-0.25, -0.2) is 0 Å². The van der Waals surface area contributed by atoms with Gasteiger partial charge in [0.2, 0.25) is 5.78 Å². The number of hydrogen-bond donors (Lipinski definition) is 1. The Morgan fingerprint density at radius 2 is 1.95 bits per heavy atom. The van der Waals surface area contributed by atoms with Crippen molar-refractivity contribution in [2.75, 3.05) is 13.7 Å². The van der Waals surface area contributed by atoms with E-state index in [9.17, 15) is 9.59 Å². The number of hydrogen-bond acceptors (Lipinski definition) is 4. The lowest BCUT2D eigenvalue weighted by Gasteiger charge is -2.21. The van der Waals surface area contributed by atoms with E-state index in [1.807, 2.05) is 6.92 Å². The first-order valence-electron chi connectivity index (χ1n) is 6.33. The van der Waals surface area contributed by atoms with Crippen molar-refractivity contribution in [1.82, 2.24) is 5.32 Å². The third kappa shape index (κ3) is 2.14. The molecule has 1 aliphatic rings. The largest absolute Gasteiger partial charge is 0.496 e. The minimum absolute atomic E-state index is 0.118. The number of carbonyl (C=O) groups excluding carboxylic acids is 2. The van der Waals surface area contributed by atoms with E-state index < -0.39 is 0 Å². The van der Waals surface area contributed by atoms with E-state index in [4.69, 9.17) is 4.74 Å². The molecule has 2 rings (SSSR count).